The molecule has 2 atom stereocenters. The van der Waals surface area contributed by atoms with Crippen molar-refractivity contribution in [1.29, 1.82) is 0 Å². The Bertz CT molecular complexity index is 1000. The molecule has 2 fully saturated rings. The van der Waals surface area contributed by atoms with E-state index in [0.29, 0.717) is 26.1 Å². The van der Waals surface area contributed by atoms with E-state index >= 15 is 0 Å². The number of para-hydroxylation sites is 2. The molecule has 0 radical (unpaired) electrons. The Morgan fingerprint density at radius 2 is 1.93 bits per heavy atom. The van der Waals surface area contributed by atoms with Crippen molar-refractivity contribution in [1.82, 2.24) is 18.8 Å². The van der Waals surface area contributed by atoms with E-state index in [0.717, 1.165) is 49.1 Å². The highest BCUT2D eigenvalue weighted by Crippen LogP contribution is 2.31. The van der Waals surface area contributed by atoms with Crippen molar-refractivity contribution in [3.8, 4) is 0 Å². The number of benzene rings is 1. The average molecular weight is 419 g/mol. The minimum Gasteiger partial charge on any atom is -0.341 e. The number of fused-ring (bicyclic) bond motifs is 1. The third-order valence-electron chi connectivity index (χ3n) is 6.14. The van der Waals surface area contributed by atoms with Crippen LogP contribution in [0.2, 0.25) is 0 Å². The molecule has 29 heavy (non-hydrogen) atoms. The molecule has 0 N–H and O–H groups in total. The van der Waals surface area contributed by atoms with E-state index < -0.39 is 16.1 Å². The lowest BCUT2D eigenvalue weighted by Crippen LogP contribution is -2.50. The normalized spacial score (nSPS) is 23.7. The van der Waals surface area contributed by atoms with Crippen LogP contribution in [0.4, 0.5) is 0 Å². The standard InChI is InChI=1S/C21H30N4O3S/c1-3-12-24-18-10-5-4-9-17(18)22-20(24)16-8-6-13-23(15-16)21(26)19-11-7-14-25(19)29(2,27)28/h4-5,9-10,16,19H,3,6-8,11-15H2,1-2H3. The van der Waals surface area contributed by atoms with Gasteiger partial charge >= 0.3 is 0 Å². The first kappa shape index (κ1) is 20.3. The summed E-state index contributed by atoms with van der Waals surface area (Å²) >= 11 is 0. The summed E-state index contributed by atoms with van der Waals surface area (Å²) in [5, 5.41) is 0. The monoisotopic (exact) mass is 418 g/mol. The maximum Gasteiger partial charge on any atom is 0.241 e. The van der Waals surface area contributed by atoms with Gasteiger partial charge < -0.3 is 9.47 Å². The van der Waals surface area contributed by atoms with Crippen molar-refractivity contribution in [2.75, 3.05) is 25.9 Å². The summed E-state index contributed by atoms with van der Waals surface area (Å²) in [6.07, 6.45) is 5.49. The van der Waals surface area contributed by atoms with Crippen LogP contribution in [0.15, 0.2) is 24.3 Å². The first-order valence-electron chi connectivity index (χ1n) is 10.6. The predicted molar refractivity (Wildman–Crippen MR) is 113 cm³/mol. The molecule has 0 bridgehead atoms. The maximum absolute atomic E-state index is 13.2. The number of nitrogens with zero attached hydrogens (tertiary/aromatic N) is 4. The second kappa shape index (κ2) is 8.07. The summed E-state index contributed by atoms with van der Waals surface area (Å²) < 4.78 is 27.8. The van der Waals surface area contributed by atoms with Crippen molar-refractivity contribution in [3.63, 3.8) is 0 Å². The van der Waals surface area contributed by atoms with Gasteiger partial charge in [0.15, 0.2) is 0 Å². The van der Waals surface area contributed by atoms with Crippen LogP contribution in [0.3, 0.4) is 0 Å². The number of hydrogen-bond donors (Lipinski definition) is 0. The van der Waals surface area contributed by atoms with Crippen molar-refractivity contribution >= 4 is 27.0 Å². The molecule has 1 amide bonds. The fourth-order valence-corrected chi connectivity index (χ4v) is 5.97. The summed E-state index contributed by atoms with van der Waals surface area (Å²) in [6, 6.07) is 7.65. The van der Waals surface area contributed by atoms with Crippen LogP contribution >= 0.6 is 0 Å². The molecule has 2 aliphatic rings. The van der Waals surface area contributed by atoms with Gasteiger partial charge in [0.25, 0.3) is 0 Å². The number of sulfonamides is 1. The molecule has 158 valence electrons. The average Bonchev–Trinajstić information content (AvgIpc) is 3.33. The molecular formula is C21H30N4O3S. The van der Waals surface area contributed by atoms with E-state index in [-0.39, 0.29) is 11.8 Å². The zero-order chi connectivity index (χ0) is 20.6. The fourth-order valence-electron chi connectivity index (χ4n) is 4.85. The third kappa shape index (κ3) is 3.92. The highest BCUT2D eigenvalue weighted by Gasteiger charge is 2.40. The maximum atomic E-state index is 13.2. The van der Waals surface area contributed by atoms with Gasteiger partial charge in [0.1, 0.15) is 11.9 Å². The Morgan fingerprint density at radius 3 is 2.69 bits per heavy atom. The number of piperidine rings is 1. The first-order chi connectivity index (χ1) is 13.9. The Labute approximate surface area is 172 Å². The van der Waals surface area contributed by atoms with Gasteiger partial charge in [0, 0.05) is 32.1 Å². The van der Waals surface area contributed by atoms with Gasteiger partial charge in [0.2, 0.25) is 15.9 Å². The molecular weight excluding hydrogens is 388 g/mol. The van der Waals surface area contributed by atoms with E-state index in [9.17, 15) is 13.2 Å². The molecule has 3 heterocycles. The highest BCUT2D eigenvalue weighted by atomic mass is 32.2. The lowest BCUT2D eigenvalue weighted by molar-refractivity contribution is -0.135. The number of amides is 1. The number of imidazole rings is 1. The van der Waals surface area contributed by atoms with Gasteiger partial charge in [-0.2, -0.15) is 4.31 Å². The summed E-state index contributed by atoms with van der Waals surface area (Å²) in [7, 11) is -3.36. The summed E-state index contributed by atoms with van der Waals surface area (Å²) in [4.78, 5) is 20.0. The molecule has 2 unspecified atom stereocenters. The van der Waals surface area contributed by atoms with Crippen molar-refractivity contribution in [2.45, 2.75) is 57.5 Å². The SMILES string of the molecule is CCCn1c(C2CCCN(C(=O)C3CCCN3S(C)(=O)=O)C2)nc2ccccc21. The fraction of sp³-hybridized carbons (Fsp3) is 0.619. The quantitative estimate of drug-likeness (QED) is 0.748. The largest absolute Gasteiger partial charge is 0.341 e. The second-order valence-electron chi connectivity index (χ2n) is 8.27. The minimum absolute atomic E-state index is 0.0456. The molecule has 2 aliphatic heterocycles. The van der Waals surface area contributed by atoms with E-state index in [2.05, 4.69) is 17.6 Å². The minimum atomic E-state index is -3.36. The predicted octanol–water partition coefficient (Wildman–Crippen LogP) is 2.58. The first-order valence-corrected chi connectivity index (χ1v) is 12.5. The van der Waals surface area contributed by atoms with Gasteiger partial charge in [0.05, 0.1) is 17.3 Å². The molecule has 1 aromatic carbocycles. The number of carbonyl (C=O) groups excluding carboxylic acids is 1. The number of aromatic nitrogens is 2. The van der Waals surface area contributed by atoms with Gasteiger partial charge in [-0.3, -0.25) is 4.79 Å². The summed E-state index contributed by atoms with van der Waals surface area (Å²) in [6.45, 7) is 4.82. The summed E-state index contributed by atoms with van der Waals surface area (Å²) in [5.41, 5.74) is 2.14. The number of aryl methyl sites for hydroxylation is 1. The van der Waals surface area contributed by atoms with Crippen molar-refractivity contribution in [3.05, 3.63) is 30.1 Å². The molecule has 0 saturated carbocycles. The number of likely N-dealkylation sites (tertiary alicyclic amines) is 1. The van der Waals surface area contributed by atoms with E-state index in [1.165, 1.54) is 10.6 Å². The Hall–Kier alpha value is -1.93. The Morgan fingerprint density at radius 1 is 1.17 bits per heavy atom. The Kier molecular flexibility index (Phi) is 5.66. The number of carbonyl (C=O) groups is 1. The highest BCUT2D eigenvalue weighted by molar-refractivity contribution is 7.88. The molecule has 0 spiro atoms. The van der Waals surface area contributed by atoms with Crippen LogP contribution in [-0.2, 0) is 21.4 Å². The molecule has 4 rings (SSSR count). The zero-order valence-electron chi connectivity index (χ0n) is 17.2. The van der Waals surface area contributed by atoms with E-state index in [4.69, 9.17) is 4.98 Å². The lowest BCUT2D eigenvalue weighted by atomic mass is 9.96. The zero-order valence-corrected chi connectivity index (χ0v) is 18.1. The molecule has 8 heteroatoms. The van der Waals surface area contributed by atoms with E-state index in [1.807, 2.05) is 23.1 Å². The van der Waals surface area contributed by atoms with Crippen LogP contribution in [0.1, 0.15) is 50.8 Å². The molecule has 0 aliphatic carbocycles. The van der Waals surface area contributed by atoms with Gasteiger partial charge in [-0.25, -0.2) is 13.4 Å². The number of rotatable bonds is 5. The summed E-state index contributed by atoms with van der Waals surface area (Å²) in [5.74, 6) is 1.19. The molecule has 7 nitrogen and oxygen atoms in total. The molecule has 2 saturated heterocycles. The number of hydrogen-bond acceptors (Lipinski definition) is 4. The van der Waals surface area contributed by atoms with Crippen LogP contribution in [0.25, 0.3) is 11.0 Å². The molecule has 2 aromatic rings. The van der Waals surface area contributed by atoms with Crippen LogP contribution in [0, 0.1) is 0 Å². The second-order valence-corrected chi connectivity index (χ2v) is 10.2. The van der Waals surface area contributed by atoms with Crippen LogP contribution in [0.5, 0.6) is 0 Å². The topological polar surface area (TPSA) is 75.5 Å². The Balaban J connectivity index is 1.58. The van der Waals surface area contributed by atoms with Crippen molar-refractivity contribution in [2.24, 2.45) is 0 Å². The molecule has 1 aromatic heterocycles. The van der Waals surface area contributed by atoms with Gasteiger partial charge in [-0.1, -0.05) is 19.1 Å². The van der Waals surface area contributed by atoms with Gasteiger partial charge in [-0.15, -0.1) is 0 Å². The smallest absolute Gasteiger partial charge is 0.241 e. The van der Waals surface area contributed by atoms with E-state index in [1.54, 1.807) is 0 Å². The van der Waals surface area contributed by atoms with Crippen LogP contribution in [-0.4, -0.2) is 65.0 Å². The van der Waals surface area contributed by atoms with Crippen molar-refractivity contribution < 1.29 is 13.2 Å². The van der Waals surface area contributed by atoms with Crippen LogP contribution < -0.4 is 0 Å². The third-order valence-corrected chi connectivity index (χ3v) is 7.43. The van der Waals surface area contributed by atoms with Gasteiger partial charge in [-0.05, 0) is 44.2 Å². The lowest BCUT2D eigenvalue weighted by Gasteiger charge is -2.35.